The van der Waals surface area contributed by atoms with Gasteiger partial charge in [-0.25, -0.2) is 0 Å². The minimum absolute atomic E-state index is 0.0599. The number of carbonyl (C=O) groups is 1. The summed E-state index contributed by atoms with van der Waals surface area (Å²) in [7, 11) is 1.37. The monoisotopic (exact) mass is 619 g/mol. The Bertz CT molecular complexity index is 1330. The van der Waals surface area contributed by atoms with Crippen molar-refractivity contribution in [3.05, 3.63) is 95.4 Å². The first kappa shape index (κ1) is 26.2. The Labute approximate surface area is 222 Å². The summed E-state index contributed by atoms with van der Waals surface area (Å²) in [6.45, 7) is 0.302. The van der Waals surface area contributed by atoms with Crippen LogP contribution in [0.3, 0.4) is 0 Å². The summed E-state index contributed by atoms with van der Waals surface area (Å²) in [5.41, 5.74) is 0.786. The Balaban J connectivity index is 1.80. The third-order valence-electron chi connectivity index (χ3n) is 4.64. The van der Waals surface area contributed by atoms with Gasteiger partial charge in [0.05, 0.1) is 27.0 Å². The molecule has 0 aliphatic rings. The number of nitriles is 1. The second-order valence-corrected chi connectivity index (χ2v) is 9.14. The lowest BCUT2D eigenvalue weighted by Crippen LogP contribution is -2.14. The van der Waals surface area contributed by atoms with Crippen molar-refractivity contribution in [2.24, 2.45) is 0 Å². The standard InChI is InChI=1S/C24H16Br2ClN3O5/c1-34-18-6-7-21(22(11-18)30(32)33)29-24(31)16(12-28)8-15-9-19(25)23(20(26)10-15)35-13-14-2-4-17(27)5-3-14/h2-11H,13H2,1H3,(H,29,31)/b16-8+. The molecule has 3 aromatic rings. The minimum atomic E-state index is -0.795. The molecule has 0 aromatic heterocycles. The van der Waals surface area contributed by atoms with Crippen LogP contribution in [0.1, 0.15) is 11.1 Å². The zero-order valence-corrected chi connectivity index (χ0v) is 22.0. The van der Waals surface area contributed by atoms with Gasteiger partial charge in [-0.15, -0.1) is 0 Å². The number of anilines is 1. The van der Waals surface area contributed by atoms with Crippen molar-refractivity contribution in [3.8, 4) is 17.6 Å². The number of hydrogen-bond donors (Lipinski definition) is 1. The van der Waals surface area contributed by atoms with E-state index in [1.165, 1.54) is 31.4 Å². The zero-order valence-electron chi connectivity index (χ0n) is 18.1. The van der Waals surface area contributed by atoms with Crippen molar-refractivity contribution >= 4 is 66.8 Å². The Morgan fingerprint density at radius 1 is 1.17 bits per heavy atom. The Hall–Kier alpha value is -3.39. The molecule has 35 heavy (non-hydrogen) atoms. The molecule has 11 heteroatoms. The number of rotatable bonds is 8. The number of amides is 1. The van der Waals surface area contributed by atoms with Crippen LogP contribution in [0.5, 0.6) is 11.5 Å². The summed E-state index contributed by atoms with van der Waals surface area (Å²) in [5, 5.41) is 23.9. The van der Waals surface area contributed by atoms with Crippen LogP contribution in [0.2, 0.25) is 5.02 Å². The van der Waals surface area contributed by atoms with Crippen LogP contribution < -0.4 is 14.8 Å². The first-order valence-electron chi connectivity index (χ1n) is 9.83. The van der Waals surface area contributed by atoms with E-state index in [0.29, 0.717) is 31.9 Å². The molecule has 0 atom stereocenters. The Morgan fingerprint density at radius 2 is 1.83 bits per heavy atom. The number of halogens is 3. The normalized spacial score (nSPS) is 10.9. The lowest BCUT2D eigenvalue weighted by molar-refractivity contribution is -0.384. The molecule has 0 aliphatic carbocycles. The summed E-state index contributed by atoms with van der Waals surface area (Å²) in [4.78, 5) is 23.4. The Morgan fingerprint density at radius 3 is 2.40 bits per heavy atom. The lowest BCUT2D eigenvalue weighted by Gasteiger charge is -2.12. The maximum absolute atomic E-state index is 12.7. The van der Waals surface area contributed by atoms with E-state index in [4.69, 9.17) is 21.1 Å². The number of hydrogen-bond acceptors (Lipinski definition) is 6. The fraction of sp³-hybridized carbons (Fsp3) is 0.0833. The maximum atomic E-state index is 12.7. The average Bonchev–Trinajstić information content (AvgIpc) is 2.83. The van der Waals surface area contributed by atoms with Gasteiger partial charge < -0.3 is 14.8 Å². The molecule has 0 bridgehead atoms. The van der Waals surface area contributed by atoms with Crippen molar-refractivity contribution in [2.75, 3.05) is 12.4 Å². The summed E-state index contributed by atoms with van der Waals surface area (Å²) in [6.07, 6.45) is 1.36. The molecule has 0 heterocycles. The van der Waals surface area contributed by atoms with Crippen LogP contribution in [0.4, 0.5) is 11.4 Å². The smallest absolute Gasteiger partial charge is 0.296 e. The van der Waals surface area contributed by atoms with Crippen molar-refractivity contribution < 1.29 is 19.2 Å². The zero-order chi connectivity index (χ0) is 25.5. The number of nitrogens with one attached hydrogen (secondary N) is 1. The van der Waals surface area contributed by atoms with Gasteiger partial charge in [0.2, 0.25) is 0 Å². The van der Waals surface area contributed by atoms with Crippen LogP contribution in [-0.4, -0.2) is 17.9 Å². The number of nitrogens with zero attached hydrogens (tertiary/aromatic N) is 2. The molecule has 1 N–H and O–H groups in total. The molecule has 8 nitrogen and oxygen atoms in total. The van der Waals surface area contributed by atoms with Crippen molar-refractivity contribution in [1.29, 1.82) is 5.26 Å². The van der Waals surface area contributed by atoms with E-state index in [1.807, 2.05) is 18.2 Å². The highest BCUT2D eigenvalue weighted by Gasteiger charge is 2.19. The number of nitro benzene ring substituents is 1. The van der Waals surface area contributed by atoms with E-state index in [2.05, 4.69) is 37.2 Å². The van der Waals surface area contributed by atoms with Crippen molar-refractivity contribution in [2.45, 2.75) is 6.61 Å². The largest absolute Gasteiger partial charge is 0.496 e. The van der Waals surface area contributed by atoms with Gasteiger partial charge in [0, 0.05) is 5.02 Å². The van der Waals surface area contributed by atoms with Gasteiger partial charge in [-0.1, -0.05) is 23.7 Å². The predicted octanol–water partition coefficient (Wildman–Crippen LogP) is 6.91. The van der Waals surface area contributed by atoms with E-state index in [0.717, 1.165) is 5.56 Å². The van der Waals surface area contributed by atoms with Crippen LogP contribution in [0.25, 0.3) is 6.08 Å². The van der Waals surface area contributed by atoms with E-state index in [1.54, 1.807) is 24.3 Å². The third kappa shape index (κ3) is 6.82. The maximum Gasteiger partial charge on any atom is 0.296 e. The van der Waals surface area contributed by atoms with Crippen LogP contribution in [0.15, 0.2) is 69.1 Å². The van der Waals surface area contributed by atoms with Crippen molar-refractivity contribution in [3.63, 3.8) is 0 Å². The van der Waals surface area contributed by atoms with Gasteiger partial charge in [-0.05, 0) is 85.5 Å². The summed E-state index contributed by atoms with van der Waals surface area (Å²) < 4.78 is 12.1. The highest BCUT2D eigenvalue weighted by atomic mass is 79.9. The van der Waals surface area contributed by atoms with E-state index in [9.17, 15) is 20.2 Å². The molecule has 0 fully saturated rings. The number of nitro groups is 1. The highest BCUT2D eigenvalue weighted by molar-refractivity contribution is 9.11. The van der Waals surface area contributed by atoms with E-state index < -0.39 is 10.8 Å². The van der Waals surface area contributed by atoms with E-state index in [-0.39, 0.29) is 22.7 Å². The lowest BCUT2D eigenvalue weighted by atomic mass is 10.1. The predicted molar refractivity (Wildman–Crippen MR) is 139 cm³/mol. The molecule has 1 amide bonds. The first-order valence-corrected chi connectivity index (χ1v) is 11.8. The molecule has 3 rings (SSSR count). The molecule has 0 unspecified atom stereocenters. The topological polar surface area (TPSA) is 114 Å². The molecule has 0 saturated heterocycles. The summed E-state index contributed by atoms with van der Waals surface area (Å²) in [6, 6.07) is 16.4. The third-order valence-corrected chi connectivity index (χ3v) is 6.07. The van der Waals surface area contributed by atoms with Gasteiger partial charge in [-0.3, -0.25) is 14.9 Å². The van der Waals surface area contributed by atoms with Gasteiger partial charge in [0.1, 0.15) is 35.4 Å². The fourth-order valence-corrected chi connectivity index (χ4v) is 4.51. The van der Waals surface area contributed by atoms with Gasteiger partial charge >= 0.3 is 0 Å². The number of benzene rings is 3. The van der Waals surface area contributed by atoms with Crippen molar-refractivity contribution in [1.82, 2.24) is 0 Å². The number of methoxy groups -OCH3 is 1. The highest BCUT2D eigenvalue weighted by Crippen LogP contribution is 2.36. The van der Waals surface area contributed by atoms with Crippen LogP contribution >= 0.6 is 43.5 Å². The second-order valence-electron chi connectivity index (χ2n) is 6.99. The van der Waals surface area contributed by atoms with Gasteiger partial charge in [-0.2, -0.15) is 5.26 Å². The molecule has 3 aromatic carbocycles. The quantitative estimate of drug-likeness (QED) is 0.127. The fourth-order valence-electron chi connectivity index (χ4n) is 2.94. The molecular weight excluding hydrogens is 606 g/mol. The molecule has 178 valence electrons. The summed E-state index contributed by atoms with van der Waals surface area (Å²) >= 11 is 12.8. The molecule has 0 saturated carbocycles. The number of carbonyl (C=O) groups excluding carboxylic acids is 1. The second kappa shape index (κ2) is 11.8. The SMILES string of the molecule is COc1ccc(NC(=O)/C(C#N)=C/c2cc(Br)c(OCc3ccc(Cl)cc3)c(Br)c2)c([N+](=O)[O-])c1. The summed E-state index contributed by atoms with van der Waals surface area (Å²) in [5.74, 6) is 0.00353. The van der Waals surface area contributed by atoms with Crippen LogP contribution in [0, 0.1) is 21.4 Å². The van der Waals surface area contributed by atoms with E-state index >= 15 is 0 Å². The van der Waals surface area contributed by atoms with Crippen LogP contribution in [-0.2, 0) is 11.4 Å². The molecule has 0 aliphatic heterocycles. The molecule has 0 radical (unpaired) electrons. The first-order chi connectivity index (χ1) is 16.7. The number of ether oxygens (including phenoxy) is 2. The minimum Gasteiger partial charge on any atom is -0.496 e. The Kier molecular flexibility index (Phi) is 8.87. The average molecular weight is 622 g/mol. The molecular formula is C24H16Br2ClN3O5. The molecule has 0 spiro atoms. The van der Waals surface area contributed by atoms with Gasteiger partial charge in [0.25, 0.3) is 11.6 Å². The van der Waals surface area contributed by atoms with Gasteiger partial charge in [0.15, 0.2) is 0 Å².